The summed E-state index contributed by atoms with van der Waals surface area (Å²) in [5, 5.41) is 13.6. The smallest absolute Gasteiger partial charge is 0.162 e. The summed E-state index contributed by atoms with van der Waals surface area (Å²) in [6.45, 7) is 8.86. The van der Waals surface area contributed by atoms with Gasteiger partial charge >= 0.3 is 0 Å². The molecular formula is C12H22NO3. The molecule has 16 heavy (non-hydrogen) atoms. The van der Waals surface area contributed by atoms with Crippen molar-refractivity contribution in [1.29, 1.82) is 0 Å². The lowest BCUT2D eigenvalue weighted by molar-refractivity contribution is -0.344. The van der Waals surface area contributed by atoms with Crippen molar-refractivity contribution >= 4 is 0 Å². The van der Waals surface area contributed by atoms with E-state index in [0.717, 1.165) is 19.3 Å². The molecule has 0 aromatic carbocycles. The number of hydrogen-bond donors (Lipinski definition) is 0. The third-order valence-corrected chi connectivity index (χ3v) is 4.19. The molecule has 1 radical (unpaired) electrons. The zero-order chi connectivity index (χ0) is 12.0. The summed E-state index contributed by atoms with van der Waals surface area (Å²) in [4.78, 5) is 0. The van der Waals surface area contributed by atoms with Gasteiger partial charge in [0.1, 0.15) is 0 Å². The molecule has 2 aliphatic heterocycles. The largest absolute Gasteiger partial charge is 0.348 e. The molecule has 1 spiro atoms. The Kier molecular flexibility index (Phi) is 2.82. The maximum Gasteiger partial charge on any atom is 0.162 e. The summed E-state index contributed by atoms with van der Waals surface area (Å²) >= 11 is 0. The highest BCUT2D eigenvalue weighted by Gasteiger charge is 2.55. The average molecular weight is 228 g/mol. The Morgan fingerprint density at radius 1 is 1.12 bits per heavy atom. The Morgan fingerprint density at radius 3 is 2.12 bits per heavy atom. The molecule has 4 nitrogen and oxygen atoms in total. The second-order valence-corrected chi connectivity index (χ2v) is 5.85. The van der Waals surface area contributed by atoms with E-state index in [2.05, 4.69) is 6.92 Å². The highest BCUT2D eigenvalue weighted by molar-refractivity contribution is 5.04. The predicted octanol–water partition coefficient (Wildman–Crippen LogP) is 2.12. The van der Waals surface area contributed by atoms with Crippen LogP contribution in [0.1, 0.15) is 47.0 Å². The Hall–Kier alpha value is -0.160. The Morgan fingerprint density at radius 2 is 1.69 bits per heavy atom. The van der Waals surface area contributed by atoms with Gasteiger partial charge in [0.15, 0.2) is 5.79 Å². The summed E-state index contributed by atoms with van der Waals surface area (Å²) < 4.78 is 11.3. The molecule has 0 N–H and O–H groups in total. The molecule has 2 aliphatic rings. The first-order valence-corrected chi connectivity index (χ1v) is 6.09. The molecule has 0 aromatic rings. The lowest BCUT2D eigenvalue weighted by Gasteiger charge is -2.45. The minimum absolute atomic E-state index is 0.242. The number of hydrogen-bond acceptors (Lipinski definition) is 3. The topological polar surface area (TPSA) is 41.6 Å². The van der Waals surface area contributed by atoms with Gasteiger partial charge in [-0.05, 0) is 40.0 Å². The molecular weight excluding hydrogens is 206 g/mol. The predicted molar refractivity (Wildman–Crippen MR) is 59.2 cm³/mol. The molecule has 0 bridgehead atoms. The Bertz CT molecular complexity index is 269. The van der Waals surface area contributed by atoms with E-state index in [4.69, 9.17) is 9.47 Å². The van der Waals surface area contributed by atoms with Crippen LogP contribution in [0.5, 0.6) is 0 Å². The number of nitrogens with zero attached hydrogens (tertiary/aromatic N) is 1. The van der Waals surface area contributed by atoms with Gasteiger partial charge in [-0.2, -0.15) is 0 Å². The average Bonchev–Trinajstić information content (AvgIpc) is 2.50. The fourth-order valence-corrected chi connectivity index (χ4v) is 2.56. The normalized spacial score (nSPS) is 38.1. The highest BCUT2D eigenvalue weighted by Crippen LogP contribution is 2.44. The summed E-state index contributed by atoms with van der Waals surface area (Å²) in [6, 6.07) is 0. The third kappa shape index (κ3) is 1.78. The molecule has 1 atom stereocenters. The maximum absolute atomic E-state index is 12.4. The molecule has 0 amide bonds. The van der Waals surface area contributed by atoms with Crippen LogP contribution in [0.4, 0.5) is 0 Å². The fourth-order valence-electron chi connectivity index (χ4n) is 2.56. The molecule has 2 saturated heterocycles. The van der Waals surface area contributed by atoms with Gasteiger partial charge in [0.05, 0.1) is 18.8 Å². The minimum atomic E-state index is -0.544. The van der Waals surface area contributed by atoms with Crippen molar-refractivity contribution < 1.29 is 14.7 Å². The quantitative estimate of drug-likeness (QED) is 0.690. The van der Waals surface area contributed by atoms with Crippen molar-refractivity contribution in [3.8, 4) is 0 Å². The van der Waals surface area contributed by atoms with Gasteiger partial charge in [0.2, 0.25) is 0 Å². The van der Waals surface area contributed by atoms with E-state index < -0.39 is 11.3 Å². The van der Waals surface area contributed by atoms with Gasteiger partial charge < -0.3 is 9.47 Å². The summed E-state index contributed by atoms with van der Waals surface area (Å²) in [7, 11) is 0. The van der Waals surface area contributed by atoms with Crippen LogP contribution >= 0.6 is 0 Å². The lowest BCUT2D eigenvalue weighted by Crippen LogP contribution is -2.60. The van der Waals surface area contributed by atoms with Crippen LogP contribution in [0.25, 0.3) is 0 Å². The van der Waals surface area contributed by atoms with Crippen LogP contribution in [-0.2, 0) is 14.7 Å². The van der Waals surface area contributed by atoms with Crippen LogP contribution < -0.4 is 0 Å². The van der Waals surface area contributed by atoms with Crippen molar-refractivity contribution in [3.63, 3.8) is 0 Å². The third-order valence-electron chi connectivity index (χ3n) is 4.19. The molecule has 2 heterocycles. The van der Waals surface area contributed by atoms with Gasteiger partial charge in [-0.25, -0.2) is 0 Å². The van der Waals surface area contributed by atoms with Crippen LogP contribution in [0.2, 0.25) is 0 Å². The molecule has 0 aromatic heterocycles. The summed E-state index contributed by atoms with van der Waals surface area (Å²) in [5.74, 6) is -0.544. The van der Waals surface area contributed by atoms with E-state index in [-0.39, 0.29) is 5.54 Å². The molecule has 0 aliphatic carbocycles. The monoisotopic (exact) mass is 228 g/mol. The van der Waals surface area contributed by atoms with E-state index in [9.17, 15) is 5.21 Å². The van der Waals surface area contributed by atoms with E-state index in [0.29, 0.717) is 13.2 Å². The van der Waals surface area contributed by atoms with Crippen molar-refractivity contribution in [2.75, 3.05) is 13.2 Å². The van der Waals surface area contributed by atoms with Gasteiger partial charge in [0.25, 0.3) is 0 Å². The summed E-state index contributed by atoms with van der Waals surface area (Å²) in [5.41, 5.74) is -0.686. The number of ether oxygens (including phenoxy) is 2. The number of hydroxylamine groups is 2. The first-order chi connectivity index (χ1) is 7.34. The van der Waals surface area contributed by atoms with Crippen molar-refractivity contribution in [1.82, 2.24) is 5.06 Å². The van der Waals surface area contributed by atoms with E-state index in [1.165, 1.54) is 5.06 Å². The van der Waals surface area contributed by atoms with Crippen molar-refractivity contribution in [3.05, 3.63) is 0 Å². The van der Waals surface area contributed by atoms with E-state index in [1.54, 1.807) is 0 Å². The molecule has 1 unspecified atom stereocenters. The highest BCUT2D eigenvalue weighted by atomic mass is 16.7. The standard InChI is InChI=1S/C12H22NO3/c1-5-11(4)6-7-12(13(11)14)8-15-10(2,3)16-9-12/h5-9H2,1-4H3. The van der Waals surface area contributed by atoms with E-state index >= 15 is 0 Å². The maximum atomic E-state index is 12.4. The van der Waals surface area contributed by atoms with Crippen molar-refractivity contribution in [2.45, 2.75) is 63.8 Å². The summed E-state index contributed by atoms with van der Waals surface area (Å²) in [6.07, 6.45) is 2.68. The van der Waals surface area contributed by atoms with E-state index in [1.807, 2.05) is 20.8 Å². The fraction of sp³-hybridized carbons (Fsp3) is 1.00. The van der Waals surface area contributed by atoms with Crippen molar-refractivity contribution in [2.24, 2.45) is 0 Å². The molecule has 0 saturated carbocycles. The van der Waals surface area contributed by atoms with Crippen LogP contribution in [0, 0.1) is 0 Å². The van der Waals surface area contributed by atoms with Crippen LogP contribution in [0.3, 0.4) is 0 Å². The molecule has 4 heteroatoms. The zero-order valence-electron chi connectivity index (χ0n) is 10.7. The van der Waals surface area contributed by atoms with Gasteiger partial charge in [-0.3, -0.25) is 0 Å². The second-order valence-electron chi connectivity index (χ2n) is 5.85. The van der Waals surface area contributed by atoms with Crippen LogP contribution in [-0.4, -0.2) is 35.1 Å². The molecule has 93 valence electrons. The Balaban J connectivity index is 2.12. The first kappa shape index (κ1) is 12.3. The zero-order valence-corrected chi connectivity index (χ0v) is 10.7. The van der Waals surface area contributed by atoms with Crippen LogP contribution in [0.15, 0.2) is 0 Å². The SMILES string of the molecule is CCC1(C)CCC2(COC(C)(C)OC2)N1[O]. The number of rotatable bonds is 1. The second kappa shape index (κ2) is 3.67. The Labute approximate surface area is 97.5 Å². The minimum Gasteiger partial charge on any atom is -0.348 e. The van der Waals surface area contributed by atoms with Gasteiger partial charge in [0, 0.05) is 5.54 Å². The lowest BCUT2D eigenvalue weighted by atomic mass is 9.95. The van der Waals surface area contributed by atoms with Gasteiger partial charge in [-0.1, -0.05) is 6.92 Å². The molecule has 2 fully saturated rings. The molecule has 2 rings (SSSR count). The first-order valence-electron chi connectivity index (χ1n) is 6.09. The van der Waals surface area contributed by atoms with Gasteiger partial charge in [-0.15, -0.1) is 10.3 Å².